The largest absolute Gasteiger partial charge is 0.449 e. The molecule has 1 rings (SSSR count). The standard InChI is InChI=1S/C16H30N2O5S/c1-16(2,3)23-15(21)18-9-12(11-19)13(10-18)17-14(20)22-7-8-24(4,5)6/h11-13H,7-10H2,1-6H3,(H,17,20). The molecule has 0 saturated carbocycles. The van der Waals surface area contributed by atoms with Crippen molar-refractivity contribution in [1.29, 1.82) is 0 Å². The summed E-state index contributed by atoms with van der Waals surface area (Å²) in [4.78, 5) is 36.6. The molecule has 2 unspecified atom stereocenters. The monoisotopic (exact) mass is 362 g/mol. The van der Waals surface area contributed by atoms with E-state index in [4.69, 9.17) is 9.47 Å². The topological polar surface area (TPSA) is 84.9 Å². The maximum absolute atomic E-state index is 12.1. The zero-order chi connectivity index (χ0) is 18.5. The summed E-state index contributed by atoms with van der Waals surface area (Å²) in [7, 11) is -0.730. The minimum atomic E-state index is -0.730. The van der Waals surface area contributed by atoms with Crippen molar-refractivity contribution in [2.45, 2.75) is 32.4 Å². The van der Waals surface area contributed by atoms with Gasteiger partial charge in [-0.2, -0.15) is 0 Å². The Morgan fingerprint density at radius 2 is 1.88 bits per heavy atom. The van der Waals surface area contributed by atoms with Gasteiger partial charge in [-0.1, -0.05) is 0 Å². The number of aldehydes is 1. The Balaban J connectivity index is 2.51. The van der Waals surface area contributed by atoms with Gasteiger partial charge in [0.1, 0.15) is 18.5 Å². The molecular formula is C16H30N2O5S. The van der Waals surface area contributed by atoms with E-state index in [-0.39, 0.29) is 13.1 Å². The van der Waals surface area contributed by atoms with Gasteiger partial charge in [0, 0.05) is 18.8 Å². The summed E-state index contributed by atoms with van der Waals surface area (Å²) in [6.45, 7) is 6.15. The van der Waals surface area contributed by atoms with Gasteiger partial charge in [-0.15, -0.1) is 0 Å². The molecule has 1 heterocycles. The molecule has 0 aliphatic carbocycles. The highest BCUT2D eigenvalue weighted by atomic mass is 32.3. The van der Waals surface area contributed by atoms with Crippen molar-refractivity contribution in [2.75, 3.05) is 44.2 Å². The molecule has 24 heavy (non-hydrogen) atoms. The molecule has 0 aromatic heterocycles. The summed E-state index contributed by atoms with van der Waals surface area (Å²) >= 11 is 0. The number of likely N-dealkylation sites (tertiary alicyclic amines) is 1. The molecule has 0 aromatic carbocycles. The number of hydrogen-bond acceptors (Lipinski definition) is 5. The Labute approximate surface area is 145 Å². The fourth-order valence-electron chi connectivity index (χ4n) is 2.17. The van der Waals surface area contributed by atoms with Gasteiger partial charge < -0.3 is 24.5 Å². The lowest BCUT2D eigenvalue weighted by molar-refractivity contribution is -0.111. The SMILES string of the molecule is CC(C)(C)OC(=O)N1CC(C=O)C(NC(=O)OCCS(C)(C)C)C1. The van der Waals surface area contributed by atoms with Crippen molar-refractivity contribution in [1.82, 2.24) is 10.2 Å². The van der Waals surface area contributed by atoms with Crippen molar-refractivity contribution in [3.63, 3.8) is 0 Å². The predicted molar refractivity (Wildman–Crippen MR) is 95.9 cm³/mol. The number of carbonyl (C=O) groups excluding carboxylic acids is 3. The Hall–Kier alpha value is -1.44. The van der Waals surface area contributed by atoms with Crippen molar-refractivity contribution >= 4 is 28.5 Å². The molecule has 2 amide bonds. The first-order valence-corrected chi connectivity index (χ1v) is 11.0. The number of alkyl carbamates (subject to hydrolysis) is 1. The lowest BCUT2D eigenvalue weighted by Crippen LogP contribution is -2.42. The molecule has 7 nitrogen and oxygen atoms in total. The van der Waals surface area contributed by atoms with Gasteiger partial charge in [0.05, 0.1) is 12.0 Å². The fourth-order valence-corrected chi connectivity index (χ4v) is 2.76. The second kappa shape index (κ2) is 8.09. The summed E-state index contributed by atoms with van der Waals surface area (Å²) in [5, 5.41) is 2.68. The highest BCUT2D eigenvalue weighted by Crippen LogP contribution is 2.33. The normalized spacial score (nSPS) is 22.0. The quantitative estimate of drug-likeness (QED) is 0.754. The van der Waals surface area contributed by atoms with E-state index in [1.807, 2.05) is 0 Å². The van der Waals surface area contributed by atoms with Crippen LogP contribution in [0.4, 0.5) is 9.59 Å². The molecule has 140 valence electrons. The number of ether oxygens (including phenoxy) is 2. The van der Waals surface area contributed by atoms with Gasteiger partial charge in [-0.3, -0.25) is 0 Å². The molecular weight excluding hydrogens is 332 g/mol. The summed E-state index contributed by atoms with van der Waals surface area (Å²) < 4.78 is 10.5. The second-order valence-electron chi connectivity index (χ2n) is 7.87. The van der Waals surface area contributed by atoms with Gasteiger partial charge >= 0.3 is 12.2 Å². The lowest BCUT2D eigenvalue weighted by atomic mass is 10.1. The summed E-state index contributed by atoms with van der Waals surface area (Å²) in [6, 6.07) is -0.454. The van der Waals surface area contributed by atoms with Crippen molar-refractivity contribution in [3.8, 4) is 0 Å². The molecule has 8 heteroatoms. The van der Waals surface area contributed by atoms with Crippen molar-refractivity contribution in [2.24, 2.45) is 5.92 Å². The summed E-state index contributed by atoms with van der Waals surface area (Å²) in [5.74, 6) is 0.366. The third-order valence-corrected chi connectivity index (χ3v) is 4.82. The smallest absolute Gasteiger partial charge is 0.410 e. The van der Waals surface area contributed by atoms with E-state index in [1.165, 1.54) is 4.90 Å². The molecule has 1 fully saturated rings. The molecule has 1 N–H and O–H groups in total. The van der Waals surface area contributed by atoms with E-state index in [0.717, 1.165) is 12.0 Å². The number of nitrogens with one attached hydrogen (secondary N) is 1. The van der Waals surface area contributed by atoms with Crippen LogP contribution in [0.2, 0.25) is 0 Å². The zero-order valence-electron chi connectivity index (χ0n) is 15.5. The molecule has 0 aromatic rings. The van der Waals surface area contributed by atoms with Crippen LogP contribution in [0.1, 0.15) is 20.8 Å². The van der Waals surface area contributed by atoms with Gasteiger partial charge in [0.2, 0.25) is 0 Å². The molecule has 1 saturated heterocycles. The van der Waals surface area contributed by atoms with Crippen LogP contribution in [0.15, 0.2) is 0 Å². The van der Waals surface area contributed by atoms with Crippen LogP contribution in [0.5, 0.6) is 0 Å². The third kappa shape index (κ3) is 7.42. The summed E-state index contributed by atoms with van der Waals surface area (Å²) in [6.07, 6.45) is 6.16. The molecule has 2 atom stereocenters. The number of nitrogens with zero attached hydrogens (tertiary/aromatic N) is 1. The van der Waals surface area contributed by atoms with Gasteiger partial charge in [-0.05, 0) is 39.5 Å². The minimum Gasteiger partial charge on any atom is -0.449 e. The van der Waals surface area contributed by atoms with E-state index in [1.54, 1.807) is 20.8 Å². The van der Waals surface area contributed by atoms with Gasteiger partial charge in [0.15, 0.2) is 0 Å². The molecule has 0 bridgehead atoms. The van der Waals surface area contributed by atoms with Crippen molar-refractivity contribution < 1.29 is 23.9 Å². The van der Waals surface area contributed by atoms with Gasteiger partial charge in [-0.25, -0.2) is 19.6 Å². The Morgan fingerprint density at radius 1 is 1.25 bits per heavy atom. The zero-order valence-corrected chi connectivity index (χ0v) is 16.3. The van der Waals surface area contributed by atoms with Crippen molar-refractivity contribution in [3.05, 3.63) is 0 Å². The molecule has 0 radical (unpaired) electrons. The number of carbonyl (C=O) groups is 3. The van der Waals surface area contributed by atoms with E-state index in [9.17, 15) is 14.4 Å². The van der Waals surface area contributed by atoms with Crippen LogP contribution >= 0.6 is 10.0 Å². The third-order valence-electron chi connectivity index (χ3n) is 3.42. The molecule has 1 aliphatic heterocycles. The first kappa shape index (κ1) is 20.6. The van der Waals surface area contributed by atoms with E-state index < -0.39 is 39.8 Å². The lowest BCUT2D eigenvalue weighted by Gasteiger charge is -2.25. The van der Waals surface area contributed by atoms with Crippen LogP contribution < -0.4 is 5.32 Å². The maximum atomic E-state index is 12.1. The second-order valence-corrected chi connectivity index (χ2v) is 12.5. The number of rotatable bonds is 5. The molecule has 0 spiro atoms. The number of hydrogen-bond donors (Lipinski definition) is 1. The highest BCUT2D eigenvalue weighted by Gasteiger charge is 2.38. The average Bonchev–Trinajstić information content (AvgIpc) is 2.78. The average molecular weight is 362 g/mol. The van der Waals surface area contributed by atoms with Crippen LogP contribution in [0.25, 0.3) is 0 Å². The predicted octanol–water partition coefficient (Wildman–Crippen LogP) is 1.84. The fraction of sp³-hybridized carbons (Fsp3) is 0.812. The van der Waals surface area contributed by atoms with E-state index in [2.05, 4.69) is 24.1 Å². The molecule has 1 aliphatic rings. The maximum Gasteiger partial charge on any atom is 0.410 e. The Morgan fingerprint density at radius 3 is 2.38 bits per heavy atom. The first-order valence-electron chi connectivity index (χ1n) is 7.94. The van der Waals surface area contributed by atoms with Crippen LogP contribution in [-0.2, 0) is 14.3 Å². The Kier molecular flexibility index (Phi) is 6.95. The highest BCUT2D eigenvalue weighted by molar-refractivity contribution is 8.32. The number of amides is 2. The van der Waals surface area contributed by atoms with E-state index in [0.29, 0.717) is 6.61 Å². The van der Waals surface area contributed by atoms with Crippen LogP contribution in [0.3, 0.4) is 0 Å². The summed E-state index contributed by atoms with van der Waals surface area (Å²) in [5.41, 5.74) is -0.604. The Bertz CT molecular complexity index is 470. The van der Waals surface area contributed by atoms with E-state index >= 15 is 0 Å². The first-order chi connectivity index (χ1) is 10.9. The van der Waals surface area contributed by atoms with Crippen LogP contribution in [-0.4, -0.2) is 79.2 Å². The minimum absolute atomic E-state index is 0.232. The van der Waals surface area contributed by atoms with Crippen LogP contribution in [0, 0.1) is 5.92 Å². The van der Waals surface area contributed by atoms with Gasteiger partial charge in [0.25, 0.3) is 0 Å².